The first kappa shape index (κ1) is 19.8. The van der Waals surface area contributed by atoms with Crippen LogP contribution in [0.5, 0.6) is 0 Å². The van der Waals surface area contributed by atoms with Crippen LogP contribution in [0.3, 0.4) is 0 Å². The normalized spacial score (nSPS) is 21.1. The van der Waals surface area contributed by atoms with Crippen molar-refractivity contribution in [1.82, 2.24) is 10.2 Å². The third-order valence-corrected chi connectivity index (χ3v) is 3.05. The van der Waals surface area contributed by atoms with E-state index in [2.05, 4.69) is 26.3 Å². The Morgan fingerprint density at radius 2 is 2.18 bits per heavy atom. The third-order valence-electron chi connectivity index (χ3n) is 3.05. The maximum atomic E-state index is 11.9. The molecule has 0 aromatic rings. The molecule has 1 heterocycles. The number of likely N-dealkylation sites (tertiary alicyclic amines) is 1. The predicted octanol–water partition coefficient (Wildman–Crippen LogP) is 1.09. The van der Waals surface area contributed by atoms with Crippen LogP contribution in [-0.2, 0) is 42.2 Å². The Morgan fingerprint density at radius 1 is 1.59 bits per heavy atom. The van der Waals surface area contributed by atoms with E-state index >= 15 is 0 Å². The van der Waals surface area contributed by atoms with E-state index in [1.165, 1.54) is 0 Å². The topological polar surface area (TPSA) is 41.6 Å². The van der Waals surface area contributed by atoms with Gasteiger partial charge in [0, 0.05) is 45.9 Å². The van der Waals surface area contributed by atoms with E-state index in [0.717, 1.165) is 13.0 Å². The summed E-state index contributed by atoms with van der Waals surface area (Å²) in [5.74, 6) is 0.583. The van der Waals surface area contributed by atoms with Crippen LogP contribution in [0.2, 0.25) is 0 Å². The van der Waals surface area contributed by atoms with Crippen LogP contribution in [-0.4, -0.2) is 43.1 Å². The average molecular weight is 317 g/mol. The molecule has 1 amide bonds. The maximum absolute atomic E-state index is 11.9. The Bertz CT molecular complexity index is 225. The molecule has 1 N–H and O–H groups in total. The molecule has 0 bridgehead atoms. The molecule has 1 aliphatic rings. The van der Waals surface area contributed by atoms with E-state index in [-0.39, 0.29) is 58.1 Å². The monoisotopic (exact) mass is 317 g/mol. The van der Waals surface area contributed by atoms with Crippen molar-refractivity contribution in [2.75, 3.05) is 20.2 Å². The van der Waals surface area contributed by atoms with Crippen molar-refractivity contribution in [2.24, 2.45) is 5.92 Å². The molecule has 1 saturated heterocycles. The van der Waals surface area contributed by atoms with Crippen LogP contribution in [0.1, 0.15) is 20.3 Å². The van der Waals surface area contributed by atoms with Crippen molar-refractivity contribution >= 4 is 5.91 Å². The SMILES string of the molecule is [CH2-]OCC(C(C)C)N1CCC(NC)C1=O.[CH3-].[Y]. The molecule has 5 heteroatoms. The van der Waals surface area contributed by atoms with Gasteiger partial charge in [0.2, 0.25) is 5.91 Å². The van der Waals surface area contributed by atoms with Gasteiger partial charge in [-0.3, -0.25) is 4.79 Å². The Morgan fingerprint density at radius 3 is 2.53 bits per heavy atom. The molecule has 2 unspecified atom stereocenters. The van der Waals surface area contributed by atoms with Gasteiger partial charge in [-0.2, -0.15) is 0 Å². The molecule has 17 heavy (non-hydrogen) atoms. The van der Waals surface area contributed by atoms with Gasteiger partial charge in [-0.25, -0.2) is 7.11 Å². The summed E-state index contributed by atoms with van der Waals surface area (Å²) in [4.78, 5) is 13.9. The zero-order valence-corrected chi connectivity index (χ0v) is 14.2. The minimum atomic E-state index is -0.0175. The Kier molecular flexibility index (Phi) is 11.0. The number of nitrogens with one attached hydrogen (secondary N) is 1. The van der Waals surface area contributed by atoms with Crippen molar-refractivity contribution in [1.29, 1.82) is 0 Å². The number of ether oxygens (including phenoxy) is 1. The quantitative estimate of drug-likeness (QED) is 0.772. The molecule has 1 fully saturated rings. The fraction of sp³-hybridized carbons (Fsp3) is 0.750. The van der Waals surface area contributed by atoms with Crippen molar-refractivity contribution < 1.29 is 42.2 Å². The fourth-order valence-electron chi connectivity index (χ4n) is 2.06. The molecule has 1 rings (SSSR count). The molecule has 0 saturated carbocycles. The summed E-state index contributed by atoms with van der Waals surface area (Å²) in [7, 11) is 5.22. The number of hydrogen-bond donors (Lipinski definition) is 1. The van der Waals surface area contributed by atoms with Gasteiger partial charge in [-0.15, -0.1) is 0 Å². The summed E-state index contributed by atoms with van der Waals surface area (Å²) in [5, 5.41) is 3.03. The van der Waals surface area contributed by atoms with Gasteiger partial charge >= 0.3 is 0 Å². The summed E-state index contributed by atoms with van der Waals surface area (Å²) < 4.78 is 4.93. The molecule has 1 radical (unpaired) electrons. The molecule has 1 aliphatic heterocycles. The number of hydrogen-bond acceptors (Lipinski definition) is 3. The first-order valence-corrected chi connectivity index (χ1v) is 5.46. The number of rotatable bonds is 5. The van der Waals surface area contributed by atoms with E-state index in [0.29, 0.717) is 12.5 Å². The molecule has 0 aromatic carbocycles. The molecule has 4 nitrogen and oxygen atoms in total. The van der Waals surface area contributed by atoms with Crippen LogP contribution in [0.4, 0.5) is 0 Å². The second-order valence-corrected chi connectivity index (χ2v) is 4.34. The summed E-state index contributed by atoms with van der Waals surface area (Å²) in [6.07, 6.45) is 0.885. The first-order valence-electron chi connectivity index (χ1n) is 5.46. The Balaban J connectivity index is 0. The van der Waals surface area contributed by atoms with E-state index in [9.17, 15) is 4.79 Å². The molecule has 0 aliphatic carbocycles. The van der Waals surface area contributed by atoms with Gasteiger partial charge in [0.25, 0.3) is 0 Å². The molecule has 2 atom stereocenters. The fourth-order valence-corrected chi connectivity index (χ4v) is 2.06. The van der Waals surface area contributed by atoms with Crippen molar-refractivity contribution in [3.05, 3.63) is 14.5 Å². The standard InChI is InChI=1S/C11H21N2O2.CH3.Y/c1-8(2)10(7-15-4)13-6-5-9(12-3)11(13)14;;/h8-10,12H,4-7H2,1-3H3;1H3;/q2*-1;. The van der Waals surface area contributed by atoms with E-state index in [4.69, 9.17) is 4.74 Å². The Hall–Kier alpha value is 0.494. The number of carbonyl (C=O) groups excluding carboxylic acids is 1. The van der Waals surface area contributed by atoms with Crippen molar-refractivity contribution in [3.63, 3.8) is 0 Å². The largest absolute Gasteiger partial charge is 0.554 e. The van der Waals surface area contributed by atoms with Crippen LogP contribution in [0.15, 0.2) is 0 Å². The minimum absolute atomic E-state index is 0. The van der Waals surface area contributed by atoms with Crippen LogP contribution in [0.25, 0.3) is 0 Å². The predicted molar refractivity (Wildman–Crippen MR) is 65.5 cm³/mol. The van der Waals surface area contributed by atoms with E-state index in [1.54, 1.807) is 0 Å². The first-order chi connectivity index (χ1) is 7.11. The van der Waals surface area contributed by atoms with Crippen molar-refractivity contribution in [2.45, 2.75) is 32.4 Å². The smallest absolute Gasteiger partial charge is 0.240 e. The summed E-state index contributed by atoms with van der Waals surface area (Å²) in [6.45, 7) is 5.53. The summed E-state index contributed by atoms with van der Waals surface area (Å²) in [5.41, 5.74) is 0. The van der Waals surface area contributed by atoms with Gasteiger partial charge in [0.05, 0.1) is 12.1 Å². The summed E-state index contributed by atoms with van der Waals surface area (Å²) in [6, 6.07) is 0.129. The summed E-state index contributed by atoms with van der Waals surface area (Å²) >= 11 is 0. The van der Waals surface area contributed by atoms with Crippen LogP contribution >= 0.6 is 0 Å². The molecular formula is C12H24N2O2Y-2. The number of amides is 1. The number of likely N-dealkylation sites (N-methyl/N-ethyl adjacent to an activating group) is 1. The molecule has 0 aromatic heterocycles. The zero-order valence-electron chi connectivity index (χ0n) is 11.4. The number of carbonyl (C=O) groups is 1. The van der Waals surface area contributed by atoms with Gasteiger partial charge in [0.1, 0.15) is 0 Å². The number of nitrogens with zero attached hydrogens (tertiary/aromatic N) is 1. The van der Waals surface area contributed by atoms with Crippen LogP contribution < -0.4 is 5.32 Å². The van der Waals surface area contributed by atoms with Gasteiger partial charge < -0.3 is 22.4 Å². The van der Waals surface area contributed by atoms with Crippen LogP contribution in [0, 0.1) is 20.5 Å². The second-order valence-electron chi connectivity index (χ2n) is 4.34. The average Bonchev–Trinajstić information content (AvgIpc) is 2.55. The third kappa shape index (κ3) is 4.94. The molecule has 99 valence electrons. The van der Waals surface area contributed by atoms with E-state index in [1.807, 2.05) is 11.9 Å². The minimum Gasteiger partial charge on any atom is -0.554 e. The maximum Gasteiger partial charge on any atom is 0.240 e. The second kappa shape index (κ2) is 9.43. The van der Waals surface area contributed by atoms with Gasteiger partial charge in [-0.1, -0.05) is 13.8 Å². The van der Waals surface area contributed by atoms with Gasteiger partial charge in [-0.05, 0) is 19.4 Å². The van der Waals surface area contributed by atoms with E-state index < -0.39 is 0 Å². The molecular weight excluding hydrogens is 293 g/mol. The molecule has 0 spiro atoms. The Labute approximate surface area is 131 Å². The van der Waals surface area contributed by atoms with Crippen molar-refractivity contribution in [3.8, 4) is 0 Å². The zero-order chi connectivity index (χ0) is 11.4. The van der Waals surface area contributed by atoms with Gasteiger partial charge in [0.15, 0.2) is 0 Å².